The zero-order valence-electron chi connectivity index (χ0n) is 16.6. The molecular weight excluding hydrogens is 402 g/mol. The van der Waals surface area contributed by atoms with Crippen LogP contribution in [0.2, 0.25) is 5.15 Å². The largest absolute Gasteiger partial charge is 0.322 e. The fourth-order valence-electron chi connectivity index (χ4n) is 4.54. The second-order valence-corrected chi connectivity index (χ2v) is 8.36. The molecule has 1 aliphatic rings. The summed E-state index contributed by atoms with van der Waals surface area (Å²) in [6, 6.07) is 9.46. The minimum Gasteiger partial charge on any atom is -0.322 e. The summed E-state index contributed by atoms with van der Waals surface area (Å²) in [7, 11) is 1.97. The molecule has 8 nitrogen and oxygen atoms in total. The number of anilines is 1. The number of carbonyl (C=O) groups excluding carboxylic acids is 1. The lowest BCUT2D eigenvalue weighted by atomic mass is 9.58. The molecule has 0 unspecified atom stereocenters. The Hall–Kier alpha value is -3.26. The lowest BCUT2D eigenvalue weighted by Crippen LogP contribution is -2.43. The van der Waals surface area contributed by atoms with Crippen LogP contribution in [-0.2, 0) is 12.5 Å². The first-order chi connectivity index (χ1) is 14.5. The second kappa shape index (κ2) is 6.91. The molecule has 1 fully saturated rings. The summed E-state index contributed by atoms with van der Waals surface area (Å²) in [6.07, 6.45) is 6.95. The van der Waals surface area contributed by atoms with Crippen molar-refractivity contribution in [1.29, 1.82) is 0 Å². The lowest BCUT2D eigenvalue weighted by molar-refractivity contribution is 0.102. The average Bonchev–Trinajstić information content (AvgIpc) is 3.33. The molecular formula is C21H20ClN7O. The number of amides is 1. The van der Waals surface area contributed by atoms with Gasteiger partial charge in [0.1, 0.15) is 12.2 Å². The van der Waals surface area contributed by atoms with E-state index in [1.807, 2.05) is 29.8 Å². The third kappa shape index (κ3) is 2.95. The molecule has 0 bridgehead atoms. The first-order valence-electron chi connectivity index (χ1n) is 9.72. The zero-order chi connectivity index (χ0) is 20.9. The smallest absolute Gasteiger partial charge is 0.259 e. The van der Waals surface area contributed by atoms with Gasteiger partial charge >= 0.3 is 0 Å². The highest BCUT2D eigenvalue weighted by Crippen LogP contribution is 2.51. The van der Waals surface area contributed by atoms with E-state index < -0.39 is 0 Å². The normalized spacial score (nSPS) is 20.8. The van der Waals surface area contributed by atoms with Crippen molar-refractivity contribution >= 4 is 28.8 Å². The first-order valence-corrected chi connectivity index (χ1v) is 10.1. The van der Waals surface area contributed by atoms with E-state index in [0.717, 1.165) is 24.2 Å². The van der Waals surface area contributed by atoms with Crippen molar-refractivity contribution in [2.75, 3.05) is 5.32 Å². The quantitative estimate of drug-likeness (QED) is 0.544. The summed E-state index contributed by atoms with van der Waals surface area (Å²) in [4.78, 5) is 17.2. The van der Waals surface area contributed by atoms with Crippen LogP contribution in [-0.4, -0.2) is 35.3 Å². The summed E-state index contributed by atoms with van der Waals surface area (Å²) in [5, 5.41) is 15.8. The number of fused-ring (bicyclic) bond motifs is 1. The van der Waals surface area contributed by atoms with Crippen LogP contribution in [0.5, 0.6) is 0 Å². The maximum Gasteiger partial charge on any atom is 0.259 e. The highest BCUT2D eigenvalue weighted by Gasteiger charge is 2.48. The Labute approximate surface area is 177 Å². The molecule has 3 aromatic heterocycles. The first kappa shape index (κ1) is 18.7. The van der Waals surface area contributed by atoms with Crippen LogP contribution in [0.1, 0.15) is 41.5 Å². The molecule has 1 aliphatic carbocycles. The van der Waals surface area contributed by atoms with E-state index in [9.17, 15) is 4.79 Å². The van der Waals surface area contributed by atoms with Crippen LogP contribution in [0.4, 0.5) is 5.69 Å². The highest BCUT2D eigenvalue weighted by molar-refractivity contribution is 6.30. The summed E-state index contributed by atoms with van der Waals surface area (Å²) in [5.41, 5.74) is 2.45. The van der Waals surface area contributed by atoms with Crippen molar-refractivity contribution in [1.82, 2.24) is 29.4 Å². The van der Waals surface area contributed by atoms with Crippen molar-refractivity contribution < 1.29 is 4.79 Å². The van der Waals surface area contributed by atoms with Gasteiger partial charge in [0.2, 0.25) is 0 Å². The molecule has 0 radical (unpaired) electrons. The topological polar surface area (TPSA) is 90.0 Å². The molecule has 1 N–H and O–H groups in total. The minimum absolute atomic E-state index is 0.193. The van der Waals surface area contributed by atoms with Gasteiger partial charge in [0, 0.05) is 25.1 Å². The Morgan fingerprint density at radius 1 is 1.30 bits per heavy atom. The van der Waals surface area contributed by atoms with Crippen LogP contribution in [0.25, 0.3) is 5.65 Å². The number of aromatic nitrogens is 6. The van der Waals surface area contributed by atoms with E-state index in [0.29, 0.717) is 22.8 Å². The molecule has 0 atom stereocenters. The fraction of sp³-hybridized carbons (Fsp3) is 0.286. The number of nitrogens with zero attached hydrogens (tertiary/aromatic N) is 6. The van der Waals surface area contributed by atoms with E-state index in [2.05, 4.69) is 38.6 Å². The van der Waals surface area contributed by atoms with E-state index in [1.165, 1.54) is 10.6 Å². The molecule has 1 amide bonds. The number of nitrogens with one attached hydrogen (secondary N) is 1. The van der Waals surface area contributed by atoms with Crippen molar-refractivity contribution in [2.24, 2.45) is 13.0 Å². The summed E-state index contributed by atoms with van der Waals surface area (Å²) >= 11 is 6.07. The van der Waals surface area contributed by atoms with Crippen molar-refractivity contribution in [2.45, 2.75) is 25.2 Å². The van der Waals surface area contributed by atoms with Gasteiger partial charge in [-0.05, 0) is 42.5 Å². The van der Waals surface area contributed by atoms with Gasteiger partial charge in [0.05, 0.1) is 11.0 Å². The average molecular weight is 422 g/mol. The Balaban J connectivity index is 1.49. The van der Waals surface area contributed by atoms with Crippen LogP contribution < -0.4 is 5.32 Å². The third-order valence-corrected chi connectivity index (χ3v) is 5.96. The number of rotatable bonds is 4. The van der Waals surface area contributed by atoms with Gasteiger partial charge in [-0.15, -0.1) is 10.2 Å². The number of imidazole rings is 1. The van der Waals surface area contributed by atoms with Gasteiger partial charge in [-0.2, -0.15) is 5.10 Å². The Morgan fingerprint density at radius 3 is 2.87 bits per heavy atom. The molecule has 0 spiro atoms. The molecule has 1 saturated carbocycles. The second-order valence-electron chi connectivity index (χ2n) is 7.97. The van der Waals surface area contributed by atoms with Gasteiger partial charge in [-0.3, -0.25) is 4.79 Å². The minimum atomic E-state index is -0.290. The molecule has 3 heterocycles. The SMILES string of the molecule is CC1CC(c2cccc(NC(=O)c3cc(Cl)nn4ccnc34)c2)(c2nncn2C)C1. The molecule has 152 valence electrons. The summed E-state index contributed by atoms with van der Waals surface area (Å²) < 4.78 is 3.47. The van der Waals surface area contributed by atoms with Crippen molar-refractivity contribution in [3.05, 3.63) is 71.2 Å². The summed E-state index contributed by atoms with van der Waals surface area (Å²) in [6.45, 7) is 2.24. The van der Waals surface area contributed by atoms with Crippen molar-refractivity contribution in [3.63, 3.8) is 0 Å². The van der Waals surface area contributed by atoms with Crippen LogP contribution in [0.3, 0.4) is 0 Å². The highest BCUT2D eigenvalue weighted by atomic mass is 35.5. The number of halogens is 1. The van der Waals surface area contributed by atoms with Gasteiger partial charge in [0.25, 0.3) is 5.91 Å². The van der Waals surface area contributed by atoms with Crippen LogP contribution in [0, 0.1) is 5.92 Å². The van der Waals surface area contributed by atoms with E-state index >= 15 is 0 Å². The fourth-order valence-corrected chi connectivity index (χ4v) is 4.73. The maximum atomic E-state index is 13.0. The number of benzene rings is 1. The predicted molar refractivity (Wildman–Crippen MR) is 113 cm³/mol. The maximum absolute atomic E-state index is 13.0. The van der Waals surface area contributed by atoms with Crippen molar-refractivity contribution in [3.8, 4) is 0 Å². The molecule has 5 rings (SSSR count). The Morgan fingerprint density at radius 2 is 2.13 bits per heavy atom. The molecule has 1 aromatic carbocycles. The predicted octanol–water partition coefficient (Wildman–Crippen LogP) is 3.48. The van der Waals surface area contributed by atoms with E-state index in [1.54, 1.807) is 18.7 Å². The van der Waals surface area contributed by atoms with Gasteiger partial charge in [-0.25, -0.2) is 9.50 Å². The zero-order valence-corrected chi connectivity index (χ0v) is 17.3. The molecule has 0 saturated heterocycles. The van der Waals surface area contributed by atoms with E-state index in [4.69, 9.17) is 11.6 Å². The van der Waals surface area contributed by atoms with Gasteiger partial charge < -0.3 is 9.88 Å². The number of hydrogen-bond donors (Lipinski definition) is 1. The molecule has 4 aromatic rings. The van der Waals surface area contributed by atoms with Gasteiger partial charge in [0.15, 0.2) is 10.8 Å². The Kier molecular flexibility index (Phi) is 4.32. The molecule has 9 heteroatoms. The Bertz CT molecular complexity index is 1260. The summed E-state index contributed by atoms with van der Waals surface area (Å²) in [5.74, 6) is 1.26. The lowest BCUT2D eigenvalue weighted by Gasteiger charge is -2.46. The number of hydrogen-bond acceptors (Lipinski definition) is 5. The third-order valence-electron chi connectivity index (χ3n) is 5.78. The van der Waals surface area contributed by atoms with Crippen LogP contribution >= 0.6 is 11.6 Å². The molecule has 30 heavy (non-hydrogen) atoms. The van der Waals surface area contributed by atoms with Crippen LogP contribution in [0.15, 0.2) is 49.1 Å². The van der Waals surface area contributed by atoms with Gasteiger partial charge in [-0.1, -0.05) is 30.7 Å². The monoisotopic (exact) mass is 421 g/mol. The molecule has 0 aliphatic heterocycles. The standard InChI is InChI=1S/C21H20ClN7O/c1-13-10-21(11-13,20-26-24-12-28(20)2)14-4-3-5-15(8-14)25-19(30)16-9-17(22)27-29-7-6-23-18(16)29/h3-9,12-13H,10-11H2,1-2H3,(H,25,30). The van der Waals surface area contributed by atoms with E-state index in [-0.39, 0.29) is 16.5 Å². The number of aryl methyl sites for hydroxylation is 1. The number of carbonyl (C=O) groups is 1.